The molecule has 0 aromatic rings. The first-order valence-electron chi connectivity index (χ1n) is 5.47. The maximum Gasteiger partial charge on any atom is 0.237 e. The number of nitriles is 1. The summed E-state index contributed by atoms with van der Waals surface area (Å²) in [5.74, 6) is -0.0902. The molecular formula is C11H18N2O2. The standard InChI is InChI=1S/C11H18N2O2/c1-8(5-12)11(15)13-6-9-3-2-4-10(9)7-14/h8-10,14H,2-4,6-7H2,1H3,(H,13,15). The minimum absolute atomic E-state index is 0.203. The molecule has 1 saturated carbocycles. The third kappa shape index (κ3) is 3.21. The predicted octanol–water partition coefficient (Wildman–Crippen LogP) is 0.671. The van der Waals surface area contributed by atoms with E-state index in [4.69, 9.17) is 10.4 Å². The molecule has 1 rings (SSSR count). The zero-order chi connectivity index (χ0) is 11.3. The number of amides is 1. The summed E-state index contributed by atoms with van der Waals surface area (Å²) in [5, 5.41) is 20.4. The summed E-state index contributed by atoms with van der Waals surface area (Å²) in [6.45, 7) is 2.39. The van der Waals surface area contributed by atoms with Crippen LogP contribution in [0.5, 0.6) is 0 Å². The second-order valence-corrected chi connectivity index (χ2v) is 4.23. The van der Waals surface area contributed by atoms with E-state index in [1.54, 1.807) is 6.92 Å². The van der Waals surface area contributed by atoms with Crippen LogP contribution in [0.4, 0.5) is 0 Å². The molecule has 3 unspecified atom stereocenters. The van der Waals surface area contributed by atoms with Crippen LogP contribution in [0.3, 0.4) is 0 Å². The van der Waals surface area contributed by atoms with Crippen molar-refractivity contribution in [2.24, 2.45) is 17.8 Å². The molecule has 1 fully saturated rings. The topological polar surface area (TPSA) is 73.1 Å². The van der Waals surface area contributed by atoms with Gasteiger partial charge in [-0.1, -0.05) is 6.42 Å². The highest BCUT2D eigenvalue weighted by atomic mass is 16.3. The van der Waals surface area contributed by atoms with Crippen molar-refractivity contribution in [3.8, 4) is 6.07 Å². The van der Waals surface area contributed by atoms with E-state index < -0.39 is 5.92 Å². The van der Waals surface area contributed by atoms with Gasteiger partial charge in [-0.3, -0.25) is 4.79 Å². The Kier molecular flexibility index (Phi) is 4.57. The molecule has 0 radical (unpaired) electrons. The van der Waals surface area contributed by atoms with Crippen molar-refractivity contribution in [1.82, 2.24) is 5.32 Å². The van der Waals surface area contributed by atoms with E-state index in [1.165, 1.54) is 0 Å². The Morgan fingerprint density at radius 2 is 2.27 bits per heavy atom. The predicted molar refractivity (Wildman–Crippen MR) is 55.7 cm³/mol. The summed E-state index contributed by atoms with van der Waals surface area (Å²) >= 11 is 0. The number of rotatable bonds is 4. The lowest BCUT2D eigenvalue weighted by Crippen LogP contribution is -2.34. The number of hydrogen-bond donors (Lipinski definition) is 2. The summed E-state index contributed by atoms with van der Waals surface area (Å²) in [4.78, 5) is 11.3. The van der Waals surface area contributed by atoms with E-state index in [2.05, 4.69) is 5.32 Å². The van der Waals surface area contributed by atoms with Gasteiger partial charge in [0.2, 0.25) is 5.91 Å². The van der Waals surface area contributed by atoms with Crippen molar-refractivity contribution in [2.75, 3.05) is 13.2 Å². The molecule has 1 aliphatic rings. The lowest BCUT2D eigenvalue weighted by atomic mass is 9.97. The van der Waals surface area contributed by atoms with E-state index >= 15 is 0 Å². The van der Waals surface area contributed by atoms with Crippen LogP contribution in [-0.2, 0) is 4.79 Å². The van der Waals surface area contributed by atoms with E-state index in [1.807, 2.05) is 6.07 Å². The fourth-order valence-corrected chi connectivity index (χ4v) is 2.07. The Balaban J connectivity index is 2.31. The SMILES string of the molecule is CC(C#N)C(=O)NCC1CCCC1CO. The van der Waals surface area contributed by atoms with Crippen molar-refractivity contribution >= 4 is 5.91 Å². The Morgan fingerprint density at radius 1 is 1.60 bits per heavy atom. The summed E-state index contributed by atoms with van der Waals surface area (Å²) in [7, 11) is 0. The van der Waals surface area contributed by atoms with Gasteiger partial charge in [0.25, 0.3) is 0 Å². The average molecular weight is 210 g/mol. The summed E-state index contributed by atoms with van der Waals surface area (Å²) in [6, 6.07) is 1.90. The molecule has 15 heavy (non-hydrogen) atoms. The normalized spacial score (nSPS) is 27.0. The highest BCUT2D eigenvalue weighted by molar-refractivity contribution is 5.80. The minimum atomic E-state index is -0.584. The van der Waals surface area contributed by atoms with Crippen LogP contribution in [0.1, 0.15) is 26.2 Å². The molecule has 0 aliphatic heterocycles. The number of aliphatic hydroxyl groups is 1. The number of hydrogen-bond acceptors (Lipinski definition) is 3. The Morgan fingerprint density at radius 3 is 2.87 bits per heavy atom. The summed E-state index contributed by atoms with van der Waals surface area (Å²) in [5.41, 5.74) is 0. The van der Waals surface area contributed by atoms with Gasteiger partial charge in [-0.15, -0.1) is 0 Å². The van der Waals surface area contributed by atoms with Gasteiger partial charge in [0, 0.05) is 13.2 Å². The van der Waals surface area contributed by atoms with Crippen LogP contribution >= 0.6 is 0 Å². The number of carbonyl (C=O) groups is 1. The fraction of sp³-hybridized carbons (Fsp3) is 0.818. The Hall–Kier alpha value is -1.08. The molecule has 4 nitrogen and oxygen atoms in total. The zero-order valence-corrected chi connectivity index (χ0v) is 9.07. The second kappa shape index (κ2) is 5.72. The maximum atomic E-state index is 11.3. The molecule has 1 amide bonds. The van der Waals surface area contributed by atoms with Crippen LogP contribution in [0.15, 0.2) is 0 Å². The van der Waals surface area contributed by atoms with Gasteiger partial charge >= 0.3 is 0 Å². The molecule has 0 aromatic carbocycles. The van der Waals surface area contributed by atoms with Crippen molar-refractivity contribution in [3.05, 3.63) is 0 Å². The first kappa shape index (κ1) is 12.0. The van der Waals surface area contributed by atoms with Gasteiger partial charge in [0.1, 0.15) is 5.92 Å². The lowest BCUT2D eigenvalue weighted by Gasteiger charge is -2.18. The van der Waals surface area contributed by atoms with Gasteiger partial charge in [0.05, 0.1) is 6.07 Å². The molecule has 0 heterocycles. The van der Waals surface area contributed by atoms with Crippen molar-refractivity contribution in [2.45, 2.75) is 26.2 Å². The molecule has 0 bridgehead atoms. The Bertz CT molecular complexity index is 260. The molecule has 0 aromatic heterocycles. The number of aliphatic hydroxyl groups excluding tert-OH is 1. The molecular weight excluding hydrogens is 192 g/mol. The molecule has 0 saturated heterocycles. The van der Waals surface area contributed by atoms with Gasteiger partial charge in [0.15, 0.2) is 0 Å². The third-order valence-electron chi connectivity index (χ3n) is 3.18. The first-order valence-corrected chi connectivity index (χ1v) is 5.47. The third-order valence-corrected chi connectivity index (χ3v) is 3.18. The van der Waals surface area contributed by atoms with Crippen molar-refractivity contribution in [1.29, 1.82) is 5.26 Å². The molecule has 84 valence electrons. The summed E-state index contributed by atoms with van der Waals surface area (Å²) in [6.07, 6.45) is 3.23. The quantitative estimate of drug-likeness (QED) is 0.716. The number of nitrogens with one attached hydrogen (secondary N) is 1. The van der Waals surface area contributed by atoms with Crippen molar-refractivity contribution < 1.29 is 9.90 Å². The fourth-order valence-electron chi connectivity index (χ4n) is 2.07. The molecule has 2 N–H and O–H groups in total. The van der Waals surface area contributed by atoms with Gasteiger partial charge in [-0.05, 0) is 31.6 Å². The Labute approximate surface area is 90.3 Å². The highest BCUT2D eigenvalue weighted by Gasteiger charge is 2.27. The van der Waals surface area contributed by atoms with Crippen LogP contribution in [-0.4, -0.2) is 24.2 Å². The van der Waals surface area contributed by atoms with Gasteiger partial charge < -0.3 is 10.4 Å². The second-order valence-electron chi connectivity index (χ2n) is 4.23. The van der Waals surface area contributed by atoms with Crippen molar-refractivity contribution in [3.63, 3.8) is 0 Å². The van der Waals surface area contributed by atoms with E-state index in [0.717, 1.165) is 19.3 Å². The molecule has 0 spiro atoms. The zero-order valence-electron chi connectivity index (χ0n) is 9.07. The van der Waals surface area contributed by atoms with Crippen LogP contribution < -0.4 is 5.32 Å². The monoisotopic (exact) mass is 210 g/mol. The van der Waals surface area contributed by atoms with E-state index in [9.17, 15) is 4.79 Å². The van der Waals surface area contributed by atoms with Crippen LogP contribution in [0.25, 0.3) is 0 Å². The van der Waals surface area contributed by atoms with Gasteiger partial charge in [-0.2, -0.15) is 5.26 Å². The molecule has 1 aliphatic carbocycles. The first-order chi connectivity index (χ1) is 7.19. The van der Waals surface area contributed by atoms with E-state index in [0.29, 0.717) is 18.4 Å². The molecule has 3 atom stereocenters. The number of carbonyl (C=O) groups excluding carboxylic acids is 1. The highest BCUT2D eigenvalue weighted by Crippen LogP contribution is 2.30. The smallest absolute Gasteiger partial charge is 0.237 e. The minimum Gasteiger partial charge on any atom is -0.396 e. The maximum absolute atomic E-state index is 11.3. The average Bonchev–Trinajstić information content (AvgIpc) is 2.71. The lowest BCUT2D eigenvalue weighted by molar-refractivity contribution is -0.123. The van der Waals surface area contributed by atoms with Gasteiger partial charge in [-0.25, -0.2) is 0 Å². The molecule has 4 heteroatoms. The largest absolute Gasteiger partial charge is 0.396 e. The number of nitrogens with zero attached hydrogens (tertiary/aromatic N) is 1. The van der Waals surface area contributed by atoms with Crippen LogP contribution in [0.2, 0.25) is 0 Å². The summed E-state index contributed by atoms with van der Waals surface area (Å²) < 4.78 is 0. The van der Waals surface area contributed by atoms with E-state index in [-0.39, 0.29) is 12.5 Å². The van der Waals surface area contributed by atoms with Crippen LogP contribution in [0, 0.1) is 29.1 Å².